The predicted octanol–water partition coefficient (Wildman–Crippen LogP) is 4.15. The van der Waals surface area contributed by atoms with Crippen LogP contribution in [0.4, 0.5) is 0 Å². The molecular formula is C17H12Cl2NP. The number of benzene rings is 2. The van der Waals surface area contributed by atoms with Crippen molar-refractivity contribution in [2.24, 2.45) is 0 Å². The molecule has 0 N–H and O–H groups in total. The van der Waals surface area contributed by atoms with Gasteiger partial charge in [-0.05, 0) is 24.3 Å². The molecule has 0 radical (unpaired) electrons. The minimum absolute atomic E-state index is 0.745. The molecule has 4 heteroatoms. The molecule has 0 saturated heterocycles. The Morgan fingerprint density at radius 2 is 1.19 bits per heavy atom. The molecular weight excluding hydrogens is 320 g/mol. The lowest BCUT2D eigenvalue weighted by molar-refractivity contribution is 1.39. The topological polar surface area (TPSA) is 12.9 Å². The van der Waals surface area contributed by atoms with E-state index in [0.29, 0.717) is 0 Å². The number of nitrogens with zero attached hydrogens (tertiary/aromatic N) is 1. The van der Waals surface area contributed by atoms with Crippen LogP contribution in [0.1, 0.15) is 0 Å². The Hall–Kier alpha value is -1.40. The van der Waals surface area contributed by atoms with Gasteiger partial charge in [-0.1, -0.05) is 65.7 Å². The van der Waals surface area contributed by atoms with E-state index in [1.54, 1.807) is 6.20 Å². The predicted molar refractivity (Wildman–Crippen MR) is 93.0 cm³/mol. The summed E-state index contributed by atoms with van der Waals surface area (Å²) in [5.74, 6) is 0. The first-order valence-electron chi connectivity index (χ1n) is 6.47. The molecule has 0 amide bonds. The van der Waals surface area contributed by atoms with E-state index in [4.69, 9.17) is 23.2 Å². The molecule has 0 saturated carbocycles. The zero-order valence-electron chi connectivity index (χ0n) is 11.1. The quantitative estimate of drug-likeness (QED) is 0.657. The molecule has 2 aromatic carbocycles. The highest BCUT2D eigenvalue weighted by atomic mass is 35.5. The maximum atomic E-state index is 6.42. The molecule has 0 aliphatic carbocycles. The van der Waals surface area contributed by atoms with Crippen molar-refractivity contribution in [3.05, 3.63) is 83.0 Å². The lowest BCUT2D eigenvalue weighted by atomic mass is 10.4. The molecule has 3 rings (SSSR count). The van der Waals surface area contributed by atoms with E-state index < -0.39 is 7.92 Å². The monoisotopic (exact) mass is 331 g/mol. The molecule has 1 heterocycles. The van der Waals surface area contributed by atoms with Crippen LogP contribution in [0.25, 0.3) is 0 Å². The van der Waals surface area contributed by atoms with Gasteiger partial charge in [0.05, 0.1) is 5.44 Å². The molecule has 0 aliphatic heterocycles. The fourth-order valence-electron chi connectivity index (χ4n) is 2.13. The molecule has 0 spiro atoms. The van der Waals surface area contributed by atoms with Crippen LogP contribution in [0, 0.1) is 0 Å². The largest absolute Gasteiger partial charge is 0.256 e. The van der Waals surface area contributed by atoms with Gasteiger partial charge < -0.3 is 0 Å². The highest BCUT2D eigenvalue weighted by Gasteiger charge is 2.21. The van der Waals surface area contributed by atoms with Gasteiger partial charge in [-0.15, -0.1) is 0 Å². The van der Waals surface area contributed by atoms with Crippen molar-refractivity contribution in [3.63, 3.8) is 0 Å². The van der Waals surface area contributed by atoms with E-state index in [9.17, 15) is 0 Å². The molecule has 21 heavy (non-hydrogen) atoms. The summed E-state index contributed by atoms with van der Waals surface area (Å²) in [6.45, 7) is 0. The van der Waals surface area contributed by atoms with Gasteiger partial charge in [0.1, 0.15) is 0 Å². The van der Waals surface area contributed by atoms with Crippen LogP contribution >= 0.6 is 31.1 Å². The maximum Gasteiger partial charge on any atom is 0.0722 e. The van der Waals surface area contributed by atoms with Gasteiger partial charge in [0.15, 0.2) is 0 Å². The van der Waals surface area contributed by atoms with E-state index in [2.05, 4.69) is 4.98 Å². The van der Waals surface area contributed by atoms with Gasteiger partial charge in [0, 0.05) is 34.8 Å². The summed E-state index contributed by atoms with van der Waals surface area (Å²) >= 11 is 12.8. The lowest BCUT2D eigenvalue weighted by Crippen LogP contribution is -2.23. The summed E-state index contributed by atoms with van der Waals surface area (Å²) in [6.07, 6.45) is 1.80. The summed E-state index contributed by atoms with van der Waals surface area (Å²) in [6, 6.07) is 21.7. The number of aromatic nitrogens is 1. The van der Waals surface area contributed by atoms with Crippen molar-refractivity contribution in [1.82, 2.24) is 4.98 Å². The molecule has 0 unspecified atom stereocenters. The molecule has 104 valence electrons. The third-order valence-electron chi connectivity index (χ3n) is 3.07. The van der Waals surface area contributed by atoms with Crippen LogP contribution in [-0.4, -0.2) is 4.98 Å². The highest BCUT2D eigenvalue weighted by molar-refractivity contribution is 7.80. The lowest BCUT2D eigenvalue weighted by Gasteiger charge is -2.20. The van der Waals surface area contributed by atoms with Gasteiger partial charge in [-0.25, -0.2) is 0 Å². The zero-order valence-corrected chi connectivity index (χ0v) is 13.5. The van der Waals surface area contributed by atoms with E-state index >= 15 is 0 Å². The van der Waals surface area contributed by atoms with E-state index in [1.807, 2.05) is 66.7 Å². The third-order valence-corrected chi connectivity index (χ3v) is 6.45. The van der Waals surface area contributed by atoms with Crippen molar-refractivity contribution in [3.8, 4) is 0 Å². The summed E-state index contributed by atoms with van der Waals surface area (Å²) in [5, 5.41) is 3.63. The summed E-state index contributed by atoms with van der Waals surface area (Å²) in [5.41, 5.74) is 0.994. The zero-order chi connectivity index (χ0) is 14.7. The summed E-state index contributed by atoms with van der Waals surface area (Å²) in [4.78, 5) is 4.53. The fourth-order valence-corrected chi connectivity index (χ4v) is 5.12. The average molecular weight is 332 g/mol. The molecule has 0 atom stereocenters. The van der Waals surface area contributed by atoms with Crippen LogP contribution in [0.15, 0.2) is 72.9 Å². The van der Waals surface area contributed by atoms with Crippen LogP contribution in [0.2, 0.25) is 10.0 Å². The van der Waals surface area contributed by atoms with Gasteiger partial charge in [-0.2, -0.15) is 0 Å². The number of halogens is 2. The van der Waals surface area contributed by atoms with E-state index in [1.165, 1.54) is 0 Å². The summed E-state index contributed by atoms with van der Waals surface area (Å²) < 4.78 is 0. The Morgan fingerprint density at radius 1 is 0.667 bits per heavy atom. The highest BCUT2D eigenvalue weighted by Crippen LogP contribution is 2.36. The Kier molecular flexibility index (Phi) is 4.55. The van der Waals surface area contributed by atoms with Crippen LogP contribution in [0.5, 0.6) is 0 Å². The normalized spacial score (nSPS) is 10.8. The summed E-state index contributed by atoms with van der Waals surface area (Å²) in [7, 11) is -0.863. The Morgan fingerprint density at radius 3 is 1.67 bits per heavy atom. The van der Waals surface area contributed by atoms with E-state index in [0.717, 1.165) is 26.1 Å². The maximum absolute atomic E-state index is 6.42. The van der Waals surface area contributed by atoms with Crippen molar-refractivity contribution >= 4 is 47.2 Å². The van der Waals surface area contributed by atoms with Crippen LogP contribution in [-0.2, 0) is 0 Å². The Bertz CT molecular complexity index is 701. The Balaban J connectivity index is 2.22. The minimum Gasteiger partial charge on any atom is -0.256 e. The first-order valence-corrected chi connectivity index (χ1v) is 8.57. The molecule has 3 aromatic rings. The third kappa shape index (κ3) is 3.11. The number of pyridine rings is 1. The number of hydrogen-bond donors (Lipinski definition) is 0. The van der Waals surface area contributed by atoms with Crippen molar-refractivity contribution < 1.29 is 0 Å². The fraction of sp³-hybridized carbons (Fsp3) is 0. The number of hydrogen-bond acceptors (Lipinski definition) is 1. The molecule has 0 bridgehead atoms. The second-order valence-corrected chi connectivity index (χ2v) is 7.33. The first-order chi connectivity index (χ1) is 10.3. The molecule has 0 fully saturated rings. The second-order valence-electron chi connectivity index (χ2n) is 4.43. The average Bonchev–Trinajstić information content (AvgIpc) is 2.52. The molecule has 1 aromatic heterocycles. The first kappa shape index (κ1) is 14.5. The Labute approximate surface area is 135 Å². The van der Waals surface area contributed by atoms with Crippen molar-refractivity contribution in [2.45, 2.75) is 0 Å². The van der Waals surface area contributed by atoms with Gasteiger partial charge in [0.25, 0.3) is 0 Å². The van der Waals surface area contributed by atoms with Crippen molar-refractivity contribution in [2.75, 3.05) is 0 Å². The number of rotatable bonds is 3. The van der Waals surface area contributed by atoms with Crippen molar-refractivity contribution in [1.29, 1.82) is 0 Å². The van der Waals surface area contributed by atoms with E-state index in [-0.39, 0.29) is 0 Å². The second kappa shape index (κ2) is 6.58. The van der Waals surface area contributed by atoms with Gasteiger partial charge in [0.2, 0.25) is 0 Å². The van der Waals surface area contributed by atoms with Gasteiger partial charge >= 0.3 is 0 Å². The molecule has 1 nitrogen and oxygen atoms in total. The van der Waals surface area contributed by atoms with Gasteiger partial charge in [-0.3, -0.25) is 4.98 Å². The van der Waals surface area contributed by atoms with Crippen LogP contribution in [0.3, 0.4) is 0 Å². The minimum atomic E-state index is -0.863. The van der Waals surface area contributed by atoms with Crippen LogP contribution < -0.4 is 16.0 Å². The standard InChI is InChI=1S/C17H12Cl2NP/c18-13-7-1-3-9-15(13)21(17-11-5-6-12-20-17)16-10-4-2-8-14(16)19/h1-12H. The smallest absolute Gasteiger partial charge is 0.0722 e. The SMILES string of the molecule is Clc1ccccc1P(c1ccccn1)c1ccccc1Cl. The molecule has 0 aliphatic rings.